The van der Waals surface area contributed by atoms with Crippen LogP contribution >= 0.6 is 0 Å². The monoisotopic (exact) mass is 357 g/mol. The molecule has 0 bridgehead atoms. The molecule has 2 N–H and O–H groups in total. The lowest BCUT2D eigenvalue weighted by Gasteiger charge is -2.19. The zero-order chi connectivity index (χ0) is 19.1. The van der Waals surface area contributed by atoms with Crippen LogP contribution < -0.4 is 10.6 Å². The van der Waals surface area contributed by atoms with Gasteiger partial charge in [0.25, 0.3) is 0 Å². The first kappa shape index (κ1) is 19.0. The minimum absolute atomic E-state index is 0.959. The number of benzene rings is 3. The van der Waals surface area contributed by atoms with E-state index in [1.807, 2.05) is 0 Å². The Kier molecular flexibility index (Phi) is 6.54. The van der Waals surface area contributed by atoms with E-state index in [0.29, 0.717) is 0 Å². The molecule has 0 unspecified atom stereocenters. The lowest BCUT2D eigenvalue weighted by atomic mass is 9.89. The van der Waals surface area contributed by atoms with Crippen molar-refractivity contribution >= 4 is 11.4 Å². The van der Waals surface area contributed by atoms with Crippen LogP contribution in [0, 0.1) is 6.92 Å². The van der Waals surface area contributed by atoms with E-state index in [-0.39, 0.29) is 0 Å². The Labute approximate surface area is 163 Å². The maximum Gasteiger partial charge on any atom is 0.0420 e. The van der Waals surface area contributed by atoms with Crippen molar-refractivity contribution in [3.8, 4) is 22.3 Å². The molecular weight excluding hydrogens is 328 g/mol. The second-order valence-corrected chi connectivity index (χ2v) is 6.78. The zero-order valence-electron chi connectivity index (χ0n) is 16.4. The van der Waals surface area contributed by atoms with Gasteiger partial charge in [-0.2, -0.15) is 0 Å². The van der Waals surface area contributed by atoms with Gasteiger partial charge >= 0.3 is 0 Å². The molecule has 0 heterocycles. The molecule has 0 amide bonds. The second kappa shape index (κ2) is 9.27. The molecule has 0 saturated heterocycles. The van der Waals surface area contributed by atoms with E-state index >= 15 is 0 Å². The van der Waals surface area contributed by atoms with E-state index in [1.54, 1.807) is 0 Å². The lowest BCUT2D eigenvalue weighted by Crippen LogP contribution is -2.03. The molecule has 2 heteroatoms. The highest BCUT2D eigenvalue weighted by molar-refractivity contribution is 5.94. The van der Waals surface area contributed by atoms with Gasteiger partial charge in [0.2, 0.25) is 0 Å². The molecule has 3 rings (SSSR count). The fourth-order valence-corrected chi connectivity index (χ4v) is 3.39. The third-order valence-electron chi connectivity index (χ3n) is 4.70. The van der Waals surface area contributed by atoms with Crippen molar-refractivity contribution in [1.82, 2.24) is 0 Å². The van der Waals surface area contributed by atoms with Gasteiger partial charge in [-0.05, 0) is 48.6 Å². The molecule has 139 valence electrons. The molecule has 0 aromatic heterocycles. The standard InChI is InChI=1S/C25H29N2/c1-4-17-26-23-15-8-6-12-20(23)21-14-10-11-19(3)25(21)22-13-7-9-16-24(22)27-18-5-2/h6-16,26-27H,3-5,17-18H2,1-2H3. The van der Waals surface area contributed by atoms with Gasteiger partial charge < -0.3 is 10.6 Å². The minimum Gasteiger partial charge on any atom is -0.385 e. The van der Waals surface area contributed by atoms with Crippen molar-refractivity contribution in [2.45, 2.75) is 26.7 Å². The molecule has 1 radical (unpaired) electrons. The van der Waals surface area contributed by atoms with Crippen molar-refractivity contribution in [1.29, 1.82) is 0 Å². The Balaban J connectivity index is 2.16. The average molecular weight is 358 g/mol. The van der Waals surface area contributed by atoms with Crippen LogP contribution in [0.15, 0.2) is 66.7 Å². The molecular formula is C25H29N2. The summed E-state index contributed by atoms with van der Waals surface area (Å²) >= 11 is 0. The highest BCUT2D eigenvalue weighted by atomic mass is 14.9. The third kappa shape index (κ3) is 4.33. The molecule has 2 nitrogen and oxygen atoms in total. The first-order chi connectivity index (χ1) is 13.3. The fourth-order valence-electron chi connectivity index (χ4n) is 3.39. The molecule has 0 aliphatic heterocycles. The van der Waals surface area contributed by atoms with Crippen LogP contribution in [0.25, 0.3) is 22.3 Å². The normalized spacial score (nSPS) is 10.6. The molecule has 0 saturated carbocycles. The van der Waals surface area contributed by atoms with Gasteiger partial charge in [0.1, 0.15) is 0 Å². The summed E-state index contributed by atoms with van der Waals surface area (Å²) in [6, 6.07) is 23.5. The van der Waals surface area contributed by atoms with Gasteiger partial charge in [0, 0.05) is 35.6 Å². The number of nitrogens with one attached hydrogen (secondary N) is 2. The van der Waals surface area contributed by atoms with Gasteiger partial charge in [-0.3, -0.25) is 0 Å². The van der Waals surface area contributed by atoms with Crippen LogP contribution in [0.3, 0.4) is 0 Å². The van der Waals surface area contributed by atoms with Crippen LogP contribution in [0.5, 0.6) is 0 Å². The number of hydrogen-bond donors (Lipinski definition) is 2. The summed E-state index contributed by atoms with van der Waals surface area (Å²) in [5, 5.41) is 7.15. The van der Waals surface area contributed by atoms with E-state index in [2.05, 4.69) is 98.1 Å². The molecule has 3 aromatic carbocycles. The van der Waals surface area contributed by atoms with Crippen molar-refractivity contribution in [2.24, 2.45) is 0 Å². The van der Waals surface area contributed by atoms with Crippen LogP contribution in [0.4, 0.5) is 11.4 Å². The van der Waals surface area contributed by atoms with E-state index in [4.69, 9.17) is 0 Å². The van der Waals surface area contributed by atoms with Crippen LogP contribution in [0.1, 0.15) is 32.3 Å². The first-order valence-electron chi connectivity index (χ1n) is 9.87. The molecule has 0 atom stereocenters. The molecule has 27 heavy (non-hydrogen) atoms. The Bertz CT molecular complexity index is 883. The Morgan fingerprint density at radius 3 is 1.78 bits per heavy atom. The Morgan fingerprint density at radius 2 is 1.15 bits per heavy atom. The minimum atomic E-state index is 0.959. The molecule has 0 aliphatic rings. The lowest BCUT2D eigenvalue weighted by molar-refractivity contribution is 0.980. The maximum absolute atomic E-state index is 4.35. The Morgan fingerprint density at radius 1 is 0.630 bits per heavy atom. The van der Waals surface area contributed by atoms with Crippen LogP contribution in [-0.2, 0) is 0 Å². The predicted octanol–water partition coefficient (Wildman–Crippen LogP) is 6.85. The van der Waals surface area contributed by atoms with Crippen molar-refractivity contribution < 1.29 is 0 Å². The van der Waals surface area contributed by atoms with E-state index in [9.17, 15) is 0 Å². The molecule has 0 fully saturated rings. The fraction of sp³-hybridized carbons (Fsp3) is 0.240. The van der Waals surface area contributed by atoms with Gasteiger partial charge in [0.15, 0.2) is 0 Å². The summed E-state index contributed by atoms with van der Waals surface area (Å²) in [7, 11) is 0. The molecule has 3 aromatic rings. The molecule has 0 spiro atoms. The number of rotatable bonds is 8. The van der Waals surface area contributed by atoms with Crippen molar-refractivity contribution in [2.75, 3.05) is 23.7 Å². The highest BCUT2D eigenvalue weighted by Crippen LogP contribution is 2.40. The summed E-state index contributed by atoms with van der Waals surface area (Å²) in [5.41, 5.74) is 8.22. The summed E-state index contributed by atoms with van der Waals surface area (Å²) in [6.07, 6.45) is 2.19. The van der Waals surface area contributed by atoms with Gasteiger partial charge in [0.05, 0.1) is 0 Å². The number of anilines is 2. The topological polar surface area (TPSA) is 24.1 Å². The SMILES string of the molecule is [CH2]c1cccc(-c2ccccc2NCCC)c1-c1ccccc1NCCC. The van der Waals surface area contributed by atoms with Gasteiger partial charge in [-0.25, -0.2) is 0 Å². The summed E-state index contributed by atoms with van der Waals surface area (Å²) < 4.78 is 0. The molecule has 0 aliphatic carbocycles. The number of hydrogen-bond acceptors (Lipinski definition) is 2. The average Bonchev–Trinajstić information content (AvgIpc) is 2.71. The van der Waals surface area contributed by atoms with Gasteiger partial charge in [-0.1, -0.05) is 68.4 Å². The van der Waals surface area contributed by atoms with Crippen molar-refractivity contribution in [3.05, 3.63) is 79.2 Å². The summed E-state index contributed by atoms with van der Waals surface area (Å²) in [5.74, 6) is 0. The summed E-state index contributed by atoms with van der Waals surface area (Å²) in [4.78, 5) is 0. The van der Waals surface area contributed by atoms with Gasteiger partial charge in [-0.15, -0.1) is 0 Å². The van der Waals surface area contributed by atoms with E-state index < -0.39 is 0 Å². The summed E-state index contributed by atoms with van der Waals surface area (Å²) in [6.45, 7) is 10.6. The van der Waals surface area contributed by atoms with E-state index in [1.165, 1.54) is 27.9 Å². The third-order valence-corrected chi connectivity index (χ3v) is 4.70. The maximum atomic E-state index is 4.35. The van der Waals surface area contributed by atoms with E-state index in [0.717, 1.165) is 37.2 Å². The quantitative estimate of drug-likeness (QED) is 0.461. The van der Waals surface area contributed by atoms with Crippen LogP contribution in [-0.4, -0.2) is 13.1 Å². The zero-order valence-corrected chi connectivity index (χ0v) is 16.4. The second-order valence-electron chi connectivity index (χ2n) is 6.78. The van der Waals surface area contributed by atoms with Crippen LogP contribution in [0.2, 0.25) is 0 Å². The number of para-hydroxylation sites is 2. The predicted molar refractivity (Wildman–Crippen MR) is 119 cm³/mol. The largest absolute Gasteiger partial charge is 0.385 e. The first-order valence-corrected chi connectivity index (χ1v) is 9.87. The van der Waals surface area contributed by atoms with Crippen molar-refractivity contribution in [3.63, 3.8) is 0 Å². The highest BCUT2D eigenvalue weighted by Gasteiger charge is 2.15. The Hall–Kier alpha value is -2.74. The smallest absolute Gasteiger partial charge is 0.0420 e.